The van der Waals surface area contributed by atoms with Gasteiger partial charge in [-0.3, -0.25) is 0 Å². The van der Waals surface area contributed by atoms with Crippen LogP contribution in [0.4, 0.5) is 0 Å². The third kappa shape index (κ3) is 2.47. The first-order chi connectivity index (χ1) is 10.2. The van der Waals surface area contributed by atoms with E-state index in [1.807, 2.05) is 36.3 Å². The van der Waals surface area contributed by atoms with Gasteiger partial charge in [-0.05, 0) is 12.3 Å². The SMILES string of the molecule is CCc1nnc(SC)n1/N=C\c1cn(C)c2ccccc12. The zero-order valence-corrected chi connectivity index (χ0v) is 13.1. The van der Waals surface area contributed by atoms with Crippen LogP contribution in [0.2, 0.25) is 0 Å². The lowest BCUT2D eigenvalue weighted by Gasteiger charge is -1.99. The van der Waals surface area contributed by atoms with Crippen molar-refractivity contribution in [2.24, 2.45) is 12.1 Å². The molecule has 0 amide bonds. The number of para-hydroxylation sites is 1. The third-order valence-electron chi connectivity index (χ3n) is 3.42. The van der Waals surface area contributed by atoms with Crippen LogP contribution < -0.4 is 0 Å². The van der Waals surface area contributed by atoms with Gasteiger partial charge in [-0.25, -0.2) is 0 Å². The molecule has 108 valence electrons. The van der Waals surface area contributed by atoms with Gasteiger partial charge in [-0.2, -0.15) is 9.78 Å². The Hall–Kier alpha value is -2.08. The fourth-order valence-electron chi connectivity index (χ4n) is 2.36. The molecule has 1 aromatic carbocycles. The van der Waals surface area contributed by atoms with Gasteiger partial charge in [0.15, 0.2) is 5.82 Å². The normalized spacial score (nSPS) is 11.8. The molecule has 2 aromatic heterocycles. The van der Waals surface area contributed by atoms with Crippen molar-refractivity contribution in [2.75, 3.05) is 6.26 Å². The van der Waals surface area contributed by atoms with Gasteiger partial charge < -0.3 is 4.57 Å². The summed E-state index contributed by atoms with van der Waals surface area (Å²) in [5.74, 6) is 0.871. The van der Waals surface area contributed by atoms with Crippen molar-refractivity contribution in [3.05, 3.63) is 41.9 Å². The Balaban J connectivity index is 2.04. The van der Waals surface area contributed by atoms with E-state index in [4.69, 9.17) is 0 Å². The molecule has 5 nitrogen and oxygen atoms in total. The molecule has 0 radical (unpaired) electrons. The molecule has 2 heterocycles. The molecule has 0 fully saturated rings. The maximum absolute atomic E-state index is 4.57. The van der Waals surface area contributed by atoms with E-state index >= 15 is 0 Å². The van der Waals surface area contributed by atoms with Gasteiger partial charge in [0.05, 0.1) is 6.21 Å². The summed E-state index contributed by atoms with van der Waals surface area (Å²) in [5.41, 5.74) is 2.29. The number of thioether (sulfide) groups is 1. The van der Waals surface area contributed by atoms with Crippen LogP contribution in [0, 0.1) is 0 Å². The summed E-state index contributed by atoms with van der Waals surface area (Å²) in [4.78, 5) is 0. The molecule has 0 aliphatic carbocycles. The molecule has 0 aliphatic heterocycles. The summed E-state index contributed by atoms with van der Waals surface area (Å²) in [5, 5.41) is 14.9. The van der Waals surface area contributed by atoms with Crippen molar-refractivity contribution in [1.82, 2.24) is 19.4 Å². The molecular formula is C15H17N5S. The van der Waals surface area contributed by atoms with Gasteiger partial charge in [-0.1, -0.05) is 36.9 Å². The van der Waals surface area contributed by atoms with E-state index in [9.17, 15) is 0 Å². The van der Waals surface area contributed by atoms with Gasteiger partial charge in [-0.15, -0.1) is 10.2 Å². The molecule has 21 heavy (non-hydrogen) atoms. The first kappa shape index (κ1) is 13.9. The number of aromatic nitrogens is 4. The monoisotopic (exact) mass is 299 g/mol. The van der Waals surface area contributed by atoms with Crippen LogP contribution >= 0.6 is 11.8 Å². The van der Waals surface area contributed by atoms with E-state index in [2.05, 4.69) is 45.1 Å². The minimum Gasteiger partial charge on any atom is -0.350 e. The summed E-state index contributed by atoms with van der Waals surface area (Å²) in [6.07, 6.45) is 6.75. The van der Waals surface area contributed by atoms with Crippen LogP contribution in [0.15, 0.2) is 40.7 Å². The molecule has 0 bridgehead atoms. The second-order valence-corrected chi connectivity index (χ2v) is 5.50. The Bertz CT molecular complexity index is 778. The molecule has 0 saturated heterocycles. The molecule has 6 heteroatoms. The Morgan fingerprint density at radius 1 is 1.29 bits per heavy atom. The smallest absolute Gasteiger partial charge is 0.211 e. The predicted octanol–water partition coefficient (Wildman–Crippen LogP) is 2.94. The predicted molar refractivity (Wildman–Crippen MR) is 87.1 cm³/mol. The number of hydrogen-bond donors (Lipinski definition) is 0. The molecule has 0 spiro atoms. The van der Waals surface area contributed by atoms with Crippen LogP contribution in [0.1, 0.15) is 18.3 Å². The molecule has 0 atom stereocenters. The Labute approximate surface area is 127 Å². The van der Waals surface area contributed by atoms with Crippen molar-refractivity contribution in [3.63, 3.8) is 0 Å². The lowest BCUT2D eigenvalue weighted by molar-refractivity contribution is 0.723. The van der Waals surface area contributed by atoms with E-state index in [1.165, 1.54) is 10.9 Å². The van der Waals surface area contributed by atoms with Crippen molar-refractivity contribution in [2.45, 2.75) is 18.5 Å². The highest BCUT2D eigenvalue weighted by molar-refractivity contribution is 7.98. The van der Waals surface area contributed by atoms with Gasteiger partial charge in [0, 0.05) is 36.1 Å². The standard InChI is InChI=1S/C15H17N5S/c1-4-14-17-18-15(21-3)20(14)16-9-11-10-19(2)13-8-6-5-7-12(11)13/h5-10H,4H2,1-3H3/b16-9-. The van der Waals surface area contributed by atoms with E-state index in [-0.39, 0.29) is 0 Å². The van der Waals surface area contributed by atoms with Crippen LogP contribution in [-0.2, 0) is 13.5 Å². The number of benzene rings is 1. The fourth-order valence-corrected chi connectivity index (χ4v) is 2.80. The number of nitrogens with zero attached hydrogens (tertiary/aromatic N) is 5. The number of aryl methyl sites for hydroxylation is 2. The van der Waals surface area contributed by atoms with Crippen molar-refractivity contribution >= 4 is 28.9 Å². The topological polar surface area (TPSA) is 48.0 Å². The van der Waals surface area contributed by atoms with Gasteiger partial charge in [0.1, 0.15) is 0 Å². The summed E-state index contributed by atoms with van der Waals surface area (Å²) in [7, 11) is 2.04. The average molecular weight is 299 g/mol. The van der Waals surface area contributed by atoms with E-state index in [0.29, 0.717) is 0 Å². The quantitative estimate of drug-likeness (QED) is 0.550. The lowest BCUT2D eigenvalue weighted by Crippen LogP contribution is -1.98. The Morgan fingerprint density at radius 2 is 2.10 bits per heavy atom. The van der Waals surface area contributed by atoms with E-state index < -0.39 is 0 Å². The maximum atomic E-state index is 4.57. The average Bonchev–Trinajstić information content (AvgIpc) is 3.06. The van der Waals surface area contributed by atoms with E-state index in [0.717, 1.165) is 23.0 Å². The van der Waals surface area contributed by atoms with Crippen molar-refractivity contribution < 1.29 is 0 Å². The third-order valence-corrected chi connectivity index (χ3v) is 4.04. The number of fused-ring (bicyclic) bond motifs is 1. The van der Waals surface area contributed by atoms with Gasteiger partial charge >= 0.3 is 0 Å². The molecule has 3 rings (SSSR count). The number of hydrogen-bond acceptors (Lipinski definition) is 4. The zero-order chi connectivity index (χ0) is 14.8. The molecule has 3 aromatic rings. The first-order valence-corrected chi connectivity index (χ1v) is 8.03. The van der Waals surface area contributed by atoms with Crippen molar-refractivity contribution in [1.29, 1.82) is 0 Å². The second kappa shape index (κ2) is 5.73. The summed E-state index contributed by atoms with van der Waals surface area (Å²) in [6.45, 7) is 2.05. The summed E-state index contributed by atoms with van der Waals surface area (Å²) in [6, 6.07) is 8.31. The van der Waals surface area contributed by atoms with Crippen molar-refractivity contribution in [3.8, 4) is 0 Å². The minimum atomic E-state index is 0.806. The Kier molecular flexibility index (Phi) is 3.79. The maximum Gasteiger partial charge on any atom is 0.211 e. The summed E-state index contributed by atoms with van der Waals surface area (Å²) < 4.78 is 3.92. The van der Waals surface area contributed by atoms with Crippen LogP contribution in [0.3, 0.4) is 0 Å². The zero-order valence-electron chi connectivity index (χ0n) is 12.3. The second-order valence-electron chi connectivity index (χ2n) is 4.73. The summed E-state index contributed by atoms with van der Waals surface area (Å²) >= 11 is 1.55. The van der Waals surface area contributed by atoms with Gasteiger partial charge in [0.25, 0.3) is 0 Å². The lowest BCUT2D eigenvalue weighted by atomic mass is 10.2. The highest BCUT2D eigenvalue weighted by Gasteiger charge is 2.09. The first-order valence-electron chi connectivity index (χ1n) is 6.81. The van der Waals surface area contributed by atoms with E-state index in [1.54, 1.807) is 11.8 Å². The minimum absolute atomic E-state index is 0.806. The fraction of sp³-hybridized carbons (Fsp3) is 0.267. The van der Waals surface area contributed by atoms with Gasteiger partial charge in [0.2, 0.25) is 5.16 Å². The Morgan fingerprint density at radius 3 is 2.86 bits per heavy atom. The molecular weight excluding hydrogens is 282 g/mol. The largest absolute Gasteiger partial charge is 0.350 e. The van der Waals surface area contributed by atoms with Crippen LogP contribution in [-0.4, -0.2) is 31.9 Å². The number of rotatable bonds is 4. The van der Waals surface area contributed by atoms with Crippen LogP contribution in [0.5, 0.6) is 0 Å². The highest BCUT2D eigenvalue weighted by atomic mass is 32.2. The van der Waals surface area contributed by atoms with Crippen LogP contribution in [0.25, 0.3) is 10.9 Å². The molecule has 0 aliphatic rings. The highest BCUT2D eigenvalue weighted by Crippen LogP contribution is 2.19. The molecule has 0 unspecified atom stereocenters. The molecule has 0 saturated carbocycles. The molecule has 0 N–H and O–H groups in total.